The Balaban J connectivity index is 1.68. The molecule has 0 saturated carbocycles. The lowest BCUT2D eigenvalue weighted by molar-refractivity contribution is -0.139. The molecular weight excluding hydrogens is 418 g/mol. The Kier molecular flexibility index (Phi) is 4.96. The number of rotatable bonds is 3. The number of pyridine rings is 1. The number of nitrogens with zero attached hydrogens (tertiary/aromatic N) is 4. The summed E-state index contributed by atoms with van der Waals surface area (Å²) in [7, 11) is 0. The first-order valence-electron chi connectivity index (χ1n) is 9.14. The van der Waals surface area contributed by atoms with Gasteiger partial charge in [-0.05, 0) is 37.3 Å². The Morgan fingerprint density at radius 3 is 2.65 bits per heavy atom. The SMILES string of the molecule is C[C@H]1CN(c2ccc(C(F)(F)F)c(F)c2)C(=O)c2c(C(=O)Nc3cccnc3)cnn21. The second-order valence-corrected chi connectivity index (χ2v) is 6.97. The van der Waals surface area contributed by atoms with Gasteiger partial charge in [-0.15, -0.1) is 0 Å². The summed E-state index contributed by atoms with van der Waals surface area (Å²) in [4.78, 5) is 30.8. The number of alkyl halides is 3. The first-order valence-corrected chi connectivity index (χ1v) is 9.14. The Bertz CT molecular complexity index is 1160. The number of hydrogen-bond donors (Lipinski definition) is 1. The Labute approximate surface area is 173 Å². The highest BCUT2D eigenvalue weighted by molar-refractivity contribution is 6.15. The molecule has 1 aliphatic rings. The third kappa shape index (κ3) is 3.74. The minimum Gasteiger partial charge on any atom is -0.320 e. The van der Waals surface area contributed by atoms with E-state index in [0.29, 0.717) is 17.8 Å². The van der Waals surface area contributed by atoms with Crippen LogP contribution in [0.25, 0.3) is 0 Å². The topological polar surface area (TPSA) is 80.1 Å². The summed E-state index contributed by atoms with van der Waals surface area (Å²) >= 11 is 0. The van der Waals surface area contributed by atoms with E-state index in [4.69, 9.17) is 0 Å². The molecule has 0 aliphatic carbocycles. The molecule has 1 N–H and O–H groups in total. The molecule has 0 radical (unpaired) electrons. The number of hydrogen-bond acceptors (Lipinski definition) is 4. The van der Waals surface area contributed by atoms with Crippen LogP contribution in [0.4, 0.5) is 28.9 Å². The molecule has 1 atom stereocenters. The summed E-state index contributed by atoms with van der Waals surface area (Å²) in [5.74, 6) is -2.76. The van der Waals surface area contributed by atoms with Gasteiger partial charge in [-0.1, -0.05) is 0 Å². The van der Waals surface area contributed by atoms with Crippen molar-refractivity contribution in [2.45, 2.75) is 19.1 Å². The maximum absolute atomic E-state index is 14.1. The smallest absolute Gasteiger partial charge is 0.320 e. The zero-order valence-corrected chi connectivity index (χ0v) is 16.0. The summed E-state index contributed by atoms with van der Waals surface area (Å²) in [6.07, 6.45) is -0.649. The van der Waals surface area contributed by atoms with Gasteiger partial charge in [0.05, 0.1) is 35.2 Å². The largest absolute Gasteiger partial charge is 0.419 e. The van der Waals surface area contributed by atoms with Crippen LogP contribution in [-0.4, -0.2) is 33.1 Å². The first kappa shape index (κ1) is 20.5. The van der Waals surface area contributed by atoms with Crippen molar-refractivity contribution in [2.75, 3.05) is 16.8 Å². The maximum Gasteiger partial charge on any atom is 0.419 e. The van der Waals surface area contributed by atoms with Crippen LogP contribution in [0.5, 0.6) is 0 Å². The summed E-state index contributed by atoms with van der Waals surface area (Å²) in [6, 6.07) is 5.11. The molecule has 1 aliphatic heterocycles. The second-order valence-electron chi connectivity index (χ2n) is 6.97. The molecule has 0 unspecified atom stereocenters. The molecule has 0 bridgehead atoms. The van der Waals surface area contributed by atoms with Crippen molar-refractivity contribution < 1.29 is 27.2 Å². The van der Waals surface area contributed by atoms with Crippen LogP contribution in [0.15, 0.2) is 48.9 Å². The summed E-state index contributed by atoms with van der Waals surface area (Å²) in [5, 5.41) is 6.72. The molecule has 1 aromatic carbocycles. The molecule has 3 aromatic rings. The van der Waals surface area contributed by atoms with Gasteiger partial charge in [0.25, 0.3) is 11.8 Å². The fourth-order valence-electron chi connectivity index (χ4n) is 3.39. The minimum atomic E-state index is -4.85. The van der Waals surface area contributed by atoms with E-state index in [-0.39, 0.29) is 23.5 Å². The predicted octanol–water partition coefficient (Wildman–Crippen LogP) is 3.91. The van der Waals surface area contributed by atoms with Crippen molar-refractivity contribution >= 4 is 23.2 Å². The highest BCUT2D eigenvalue weighted by Gasteiger charge is 2.37. The Morgan fingerprint density at radius 1 is 1.23 bits per heavy atom. The molecule has 2 amide bonds. The lowest BCUT2D eigenvalue weighted by Gasteiger charge is -2.32. The van der Waals surface area contributed by atoms with E-state index in [0.717, 1.165) is 11.0 Å². The Hall–Kier alpha value is -3.76. The van der Waals surface area contributed by atoms with Crippen LogP contribution < -0.4 is 10.2 Å². The van der Waals surface area contributed by atoms with Gasteiger partial charge >= 0.3 is 6.18 Å². The molecule has 0 saturated heterocycles. The van der Waals surface area contributed by atoms with Crippen molar-refractivity contribution in [1.82, 2.24) is 14.8 Å². The summed E-state index contributed by atoms with van der Waals surface area (Å²) in [5.41, 5.74) is -1.12. The quantitative estimate of drug-likeness (QED) is 0.636. The van der Waals surface area contributed by atoms with Crippen molar-refractivity contribution in [3.05, 3.63) is 71.6 Å². The fourth-order valence-corrected chi connectivity index (χ4v) is 3.39. The number of halogens is 4. The predicted molar refractivity (Wildman–Crippen MR) is 102 cm³/mol. The molecule has 2 aromatic heterocycles. The molecule has 0 fully saturated rings. The number of anilines is 2. The van der Waals surface area contributed by atoms with Gasteiger partial charge in [0.1, 0.15) is 11.5 Å². The normalized spacial score (nSPS) is 16.2. The average Bonchev–Trinajstić information content (AvgIpc) is 3.17. The first-order chi connectivity index (χ1) is 14.7. The molecule has 160 valence electrons. The van der Waals surface area contributed by atoms with Gasteiger partial charge in [0, 0.05) is 18.4 Å². The molecular formula is C20H15F4N5O2. The lowest BCUT2D eigenvalue weighted by atomic mass is 10.1. The number of aromatic nitrogens is 3. The van der Waals surface area contributed by atoms with Gasteiger partial charge in [-0.3, -0.25) is 19.3 Å². The van der Waals surface area contributed by atoms with Crippen molar-refractivity contribution in [2.24, 2.45) is 0 Å². The number of benzene rings is 1. The number of carbonyl (C=O) groups excluding carboxylic acids is 2. The van der Waals surface area contributed by atoms with Gasteiger partial charge in [-0.25, -0.2) is 4.39 Å². The van der Waals surface area contributed by atoms with Crippen LogP contribution in [-0.2, 0) is 6.18 Å². The average molecular weight is 433 g/mol. The number of amides is 2. The van der Waals surface area contributed by atoms with Crippen LogP contribution in [0.1, 0.15) is 39.4 Å². The third-order valence-corrected chi connectivity index (χ3v) is 4.84. The highest BCUT2D eigenvalue weighted by atomic mass is 19.4. The van der Waals surface area contributed by atoms with E-state index < -0.39 is 35.4 Å². The van der Waals surface area contributed by atoms with E-state index >= 15 is 0 Å². The number of carbonyl (C=O) groups is 2. The molecule has 31 heavy (non-hydrogen) atoms. The number of fused-ring (bicyclic) bond motifs is 1. The fraction of sp³-hybridized carbons (Fsp3) is 0.200. The third-order valence-electron chi connectivity index (χ3n) is 4.84. The van der Waals surface area contributed by atoms with Gasteiger partial charge in [0.15, 0.2) is 0 Å². The van der Waals surface area contributed by atoms with E-state index in [2.05, 4.69) is 15.4 Å². The minimum absolute atomic E-state index is 0.0159. The molecule has 0 spiro atoms. The summed E-state index contributed by atoms with van der Waals surface area (Å²) in [6.45, 7) is 1.77. The molecule has 3 heterocycles. The summed E-state index contributed by atoms with van der Waals surface area (Å²) < 4.78 is 54.0. The van der Waals surface area contributed by atoms with E-state index in [1.54, 1.807) is 19.1 Å². The van der Waals surface area contributed by atoms with Crippen LogP contribution in [0, 0.1) is 5.82 Å². The standard InChI is InChI=1S/C20H15F4N5O2/c1-11-10-28(13-4-5-15(16(21)7-13)20(22,23)24)19(31)17-14(9-26-29(11)17)18(30)27-12-3-2-6-25-8-12/h2-9,11H,10H2,1H3,(H,27,30)/t11-/m0/s1. The zero-order valence-electron chi connectivity index (χ0n) is 16.0. The monoisotopic (exact) mass is 433 g/mol. The second kappa shape index (κ2) is 7.49. The highest BCUT2D eigenvalue weighted by Crippen LogP contribution is 2.35. The van der Waals surface area contributed by atoms with Gasteiger partial charge in [0.2, 0.25) is 0 Å². The molecule has 11 heteroatoms. The molecule has 7 nitrogen and oxygen atoms in total. The van der Waals surface area contributed by atoms with Crippen LogP contribution >= 0.6 is 0 Å². The van der Waals surface area contributed by atoms with E-state index in [9.17, 15) is 27.2 Å². The lowest BCUT2D eigenvalue weighted by Crippen LogP contribution is -2.43. The van der Waals surface area contributed by atoms with Crippen molar-refractivity contribution in [3.8, 4) is 0 Å². The maximum atomic E-state index is 14.1. The van der Waals surface area contributed by atoms with Gasteiger partial charge < -0.3 is 10.2 Å². The Morgan fingerprint density at radius 2 is 2.00 bits per heavy atom. The van der Waals surface area contributed by atoms with E-state index in [1.807, 2.05) is 0 Å². The van der Waals surface area contributed by atoms with E-state index in [1.165, 1.54) is 23.3 Å². The van der Waals surface area contributed by atoms with Crippen molar-refractivity contribution in [1.29, 1.82) is 0 Å². The zero-order chi connectivity index (χ0) is 22.3. The van der Waals surface area contributed by atoms with Crippen LogP contribution in [0.2, 0.25) is 0 Å². The van der Waals surface area contributed by atoms with Crippen LogP contribution in [0.3, 0.4) is 0 Å². The number of nitrogens with one attached hydrogen (secondary N) is 1. The van der Waals surface area contributed by atoms with Gasteiger partial charge in [-0.2, -0.15) is 18.3 Å². The van der Waals surface area contributed by atoms with Crippen molar-refractivity contribution in [3.63, 3.8) is 0 Å². The molecule has 4 rings (SSSR count).